The molecule has 28 heavy (non-hydrogen) atoms. The molecule has 1 fully saturated rings. The van der Waals surface area contributed by atoms with Gasteiger partial charge in [-0.15, -0.1) is 16.4 Å². The van der Waals surface area contributed by atoms with E-state index < -0.39 is 0 Å². The number of hydrogen-bond acceptors (Lipinski definition) is 7. The molecule has 1 atom stereocenters. The number of H-pyrrole nitrogens is 1. The van der Waals surface area contributed by atoms with Crippen molar-refractivity contribution in [1.82, 2.24) is 24.1 Å². The first-order chi connectivity index (χ1) is 13.7. The molecule has 0 saturated carbocycles. The summed E-state index contributed by atoms with van der Waals surface area (Å²) in [5, 5.41) is 7.26. The zero-order valence-electron chi connectivity index (χ0n) is 15.3. The molecule has 1 N–H and O–H groups in total. The Kier molecular flexibility index (Phi) is 4.85. The number of hydrogen-bond donors (Lipinski definition) is 1. The molecular formula is C18H21N5O3S2. The van der Waals surface area contributed by atoms with E-state index in [0.717, 1.165) is 49.4 Å². The van der Waals surface area contributed by atoms with Gasteiger partial charge in [-0.3, -0.25) is 13.8 Å². The third-order valence-corrected chi connectivity index (χ3v) is 7.45. The van der Waals surface area contributed by atoms with Crippen LogP contribution in [0.1, 0.15) is 41.9 Å². The van der Waals surface area contributed by atoms with Gasteiger partial charge in [-0.05, 0) is 38.5 Å². The predicted molar refractivity (Wildman–Crippen MR) is 107 cm³/mol. The number of aromatic amines is 1. The van der Waals surface area contributed by atoms with Gasteiger partial charge >= 0.3 is 5.69 Å². The second kappa shape index (κ2) is 7.49. The summed E-state index contributed by atoms with van der Waals surface area (Å²) in [5.74, 6) is 0.490. The topological polar surface area (TPSA) is 94.3 Å². The number of aromatic nitrogens is 5. The first kappa shape index (κ1) is 18.1. The van der Waals surface area contributed by atoms with Crippen molar-refractivity contribution in [2.24, 2.45) is 0 Å². The van der Waals surface area contributed by atoms with Crippen LogP contribution in [-0.2, 0) is 29.9 Å². The van der Waals surface area contributed by atoms with Gasteiger partial charge in [0.05, 0.1) is 18.3 Å². The van der Waals surface area contributed by atoms with E-state index in [1.807, 2.05) is 0 Å². The molecule has 4 heterocycles. The van der Waals surface area contributed by atoms with Gasteiger partial charge in [0.15, 0.2) is 10.1 Å². The largest absolute Gasteiger partial charge is 0.376 e. The molecule has 3 aromatic heterocycles. The van der Waals surface area contributed by atoms with E-state index in [-0.39, 0.29) is 17.4 Å². The van der Waals surface area contributed by atoms with Crippen LogP contribution in [0.15, 0.2) is 20.8 Å². The first-order valence-electron chi connectivity index (χ1n) is 9.62. The van der Waals surface area contributed by atoms with E-state index in [2.05, 4.69) is 10.2 Å². The number of thiazole rings is 1. The maximum Gasteiger partial charge on any atom is 0.344 e. The van der Waals surface area contributed by atoms with E-state index in [0.29, 0.717) is 23.1 Å². The van der Waals surface area contributed by atoms with Crippen LogP contribution in [-0.4, -0.2) is 36.9 Å². The molecule has 1 aliphatic carbocycles. The molecular weight excluding hydrogens is 398 g/mol. The predicted octanol–water partition coefficient (Wildman–Crippen LogP) is 1.99. The fourth-order valence-electron chi connectivity index (χ4n) is 3.92. The van der Waals surface area contributed by atoms with Gasteiger partial charge < -0.3 is 4.74 Å². The Labute approximate surface area is 169 Å². The van der Waals surface area contributed by atoms with Crippen molar-refractivity contribution in [3.05, 3.63) is 43.2 Å². The Morgan fingerprint density at radius 1 is 1.29 bits per heavy atom. The number of nitrogens with zero attached hydrogens (tertiary/aromatic N) is 4. The number of thioether (sulfide) groups is 1. The molecule has 2 aliphatic rings. The van der Waals surface area contributed by atoms with Crippen LogP contribution in [0.5, 0.6) is 0 Å². The van der Waals surface area contributed by atoms with Crippen molar-refractivity contribution in [2.45, 2.75) is 62.1 Å². The van der Waals surface area contributed by atoms with Gasteiger partial charge in [0, 0.05) is 29.0 Å². The minimum absolute atomic E-state index is 0.0150. The van der Waals surface area contributed by atoms with E-state index in [4.69, 9.17) is 9.72 Å². The van der Waals surface area contributed by atoms with Crippen molar-refractivity contribution in [1.29, 1.82) is 0 Å². The number of ether oxygens (including phenoxy) is 1. The Hall–Kier alpha value is -1.91. The average Bonchev–Trinajstić information content (AvgIpc) is 3.40. The van der Waals surface area contributed by atoms with E-state index in [1.54, 1.807) is 26.4 Å². The second-order valence-corrected chi connectivity index (χ2v) is 9.23. The van der Waals surface area contributed by atoms with Gasteiger partial charge in [0.25, 0.3) is 5.56 Å². The first-order valence-corrected chi connectivity index (χ1v) is 11.4. The van der Waals surface area contributed by atoms with Crippen LogP contribution in [0.25, 0.3) is 4.96 Å². The lowest BCUT2D eigenvalue weighted by Crippen LogP contribution is -2.25. The lowest BCUT2D eigenvalue weighted by Gasteiger charge is -2.11. The van der Waals surface area contributed by atoms with Crippen LogP contribution in [0.3, 0.4) is 0 Å². The quantitative estimate of drug-likeness (QED) is 0.636. The molecule has 8 nitrogen and oxygen atoms in total. The molecule has 0 bridgehead atoms. The molecule has 0 aromatic carbocycles. The standard InChI is InChI=1S/C18H21N5O3S2/c24-15-8-11(19-17-23(15)13-5-1-2-6-14(13)28-17)10-27-18-21-20-16(25)22(18)9-12-4-3-7-26-12/h8,12H,1-7,9-10H2,(H,20,25)/t12-/m1/s1. The van der Waals surface area contributed by atoms with Crippen molar-refractivity contribution >= 4 is 28.1 Å². The summed E-state index contributed by atoms with van der Waals surface area (Å²) >= 11 is 3.04. The highest BCUT2D eigenvalue weighted by molar-refractivity contribution is 7.98. The van der Waals surface area contributed by atoms with Gasteiger partial charge in [0.2, 0.25) is 0 Å². The highest BCUT2D eigenvalue weighted by Crippen LogP contribution is 2.29. The molecule has 0 unspecified atom stereocenters. The Balaban J connectivity index is 1.38. The highest BCUT2D eigenvalue weighted by atomic mass is 32.2. The van der Waals surface area contributed by atoms with Gasteiger partial charge in [-0.1, -0.05) is 11.8 Å². The summed E-state index contributed by atoms with van der Waals surface area (Å²) in [6.45, 7) is 1.25. The molecule has 0 spiro atoms. The zero-order chi connectivity index (χ0) is 19.1. The molecule has 0 amide bonds. The summed E-state index contributed by atoms with van der Waals surface area (Å²) < 4.78 is 9.03. The molecule has 5 rings (SSSR count). The third kappa shape index (κ3) is 3.33. The number of nitrogens with one attached hydrogen (secondary N) is 1. The van der Waals surface area contributed by atoms with Gasteiger partial charge in [-0.2, -0.15) is 0 Å². The summed E-state index contributed by atoms with van der Waals surface area (Å²) in [7, 11) is 0. The van der Waals surface area contributed by atoms with E-state index >= 15 is 0 Å². The van der Waals surface area contributed by atoms with E-state index in [9.17, 15) is 9.59 Å². The third-order valence-electron chi connectivity index (χ3n) is 5.30. The maximum atomic E-state index is 12.7. The van der Waals surface area contributed by atoms with Crippen LogP contribution in [0.4, 0.5) is 0 Å². The van der Waals surface area contributed by atoms with Crippen molar-refractivity contribution in [3.8, 4) is 0 Å². The number of aryl methyl sites for hydroxylation is 2. The van der Waals surface area contributed by atoms with Crippen LogP contribution in [0.2, 0.25) is 0 Å². The number of fused-ring (bicyclic) bond motifs is 3. The lowest BCUT2D eigenvalue weighted by molar-refractivity contribution is 0.0941. The normalized spacial score (nSPS) is 19.4. The summed E-state index contributed by atoms with van der Waals surface area (Å²) in [6.07, 6.45) is 6.34. The zero-order valence-corrected chi connectivity index (χ0v) is 17.0. The fourth-order valence-corrected chi connectivity index (χ4v) is 6.00. The Morgan fingerprint density at radius 3 is 3.04 bits per heavy atom. The van der Waals surface area contributed by atoms with Crippen LogP contribution in [0, 0.1) is 0 Å². The fraction of sp³-hybridized carbons (Fsp3) is 0.556. The van der Waals surface area contributed by atoms with Crippen LogP contribution < -0.4 is 11.2 Å². The maximum absolute atomic E-state index is 12.7. The Bertz CT molecular complexity index is 1120. The SMILES string of the molecule is O=c1[nH]nc(SCc2cc(=O)n3c4c(sc3n2)CCCC4)n1C[C@H]1CCCO1. The molecule has 1 aliphatic heterocycles. The summed E-state index contributed by atoms with van der Waals surface area (Å²) in [6, 6.07) is 1.61. The minimum atomic E-state index is -0.229. The second-order valence-electron chi connectivity index (χ2n) is 7.23. The smallest absolute Gasteiger partial charge is 0.344 e. The van der Waals surface area contributed by atoms with Gasteiger partial charge in [-0.25, -0.2) is 14.9 Å². The average molecular weight is 420 g/mol. The minimum Gasteiger partial charge on any atom is -0.376 e. The molecule has 0 radical (unpaired) electrons. The van der Waals surface area contributed by atoms with Crippen molar-refractivity contribution < 1.29 is 4.74 Å². The summed E-state index contributed by atoms with van der Waals surface area (Å²) in [5.41, 5.74) is 1.61. The van der Waals surface area contributed by atoms with E-state index in [1.165, 1.54) is 23.1 Å². The van der Waals surface area contributed by atoms with Crippen molar-refractivity contribution in [3.63, 3.8) is 0 Å². The summed E-state index contributed by atoms with van der Waals surface area (Å²) in [4.78, 5) is 31.5. The molecule has 148 valence electrons. The Morgan fingerprint density at radius 2 is 2.18 bits per heavy atom. The van der Waals surface area contributed by atoms with Gasteiger partial charge in [0.1, 0.15) is 0 Å². The molecule has 10 heteroatoms. The van der Waals surface area contributed by atoms with Crippen LogP contribution >= 0.6 is 23.1 Å². The molecule has 3 aromatic rings. The monoisotopic (exact) mass is 419 g/mol. The lowest BCUT2D eigenvalue weighted by atomic mass is 10.0. The highest BCUT2D eigenvalue weighted by Gasteiger charge is 2.21. The number of rotatable bonds is 5. The van der Waals surface area contributed by atoms with Crippen molar-refractivity contribution in [2.75, 3.05) is 6.61 Å². The molecule has 1 saturated heterocycles.